The van der Waals surface area contributed by atoms with Crippen LogP contribution in [0.5, 0.6) is 0 Å². The minimum atomic E-state index is -0.670. The smallest absolute Gasteiger partial charge is 0.294 e. The van der Waals surface area contributed by atoms with Crippen molar-refractivity contribution in [1.82, 2.24) is 4.98 Å². The molecule has 1 aromatic carbocycles. The number of carbonyl (C=O) groups is 2. The molecule has 1 aliphatic rings. The van der Waals surface area contributed by atoms with Crippen molar-refractivity contribution in [3.8, 4) is 0 Å². The summed E-state index contributed by atoms with van der Waals surface area (Å²) in [6.07, 6.45) is 3.22. The van der Waals surface area contributed by atoms with Crippen LogP contribution in [0, 0.1) is 6.92 Å². The molecule has 0 saturated carbocycles. The van der Waals surface area contributed by atoms with Crippen LogP contribution in [-0.2, 0) is 9.59 Å². The highest BCUT2D eigenvalue weighted by Crippen LogP contribution is 2.40. The zero-order valence-corrected chi connectivity index (χ0v) is 12.9. The van der Waals surface area contributed by atoms with Crippen LogP contribution in [-0.4, -0.2) is 21.8 Å². The summed E-state index contributed by atoms with van der Waals surface area (Å²) in [7, 11) is 0. The fraction of sp³-hybridized carbons (Fsp3) is 0.167. The van der Waals surface area contributed by atoms with E-state index in [-0.39, 0.29) is 11.4 Å². The van der Waals surface area contributed by atoms with Gasteiger partial charge in [0, 0.05) is 18.1 Å². The maximum absolute atomic E-state index is 12.5. The number of aromatic nitrogens is 1. The molecular formula is C18H16N2O3. The van der Waals surface area contributed by atoms with Crippen molar-refractivity contribution in [2.45, 2.75) is 19.9 Å². The molecule has 1 aromatic heterocycles. The molecule has 1 amide bonds. The van der Waals surface area contributed by atoms with Gasteiger partial charge >= 0.3 is 0 Å². The largest absolute Gasteiger partial charge is 0.503 e. The van der Waals surface area contributed by atoms with Crippen molar-refractivity contribution in [1.29, 1.82) is 0 Å². The Bertz CT molecular complexity index is 795. The summed E-state index contributed by atoms with van der Waals surface area (Å²) in [6.45, 7) is 3.30. The van der Waals surface area contributed by atoms with E-state index in [0.29, 0.717) is 11.3 Å². The first kappa shape index (κ1) is 15.0. The molecule has 5 heteroatoms. The fourth-order valence-electron chi connectivity index (χ4n) is 2.79. The molecule has 0 radical (unpaired) electrons. The van der Waals surface area contributed by atoms with E-state index < -0.39 is 17.7 Å². The van der Waals surface area contributed by atoms with Crippen LogP contribution < -0.4 is 4.90 Å². The van der Waals surface area contributed by atoms with Crippen LogP contribution >= 0.6 is 0 Å². The standard InChI is InChI=1S/C18H16N2O3/c1-11-5-7-14(8-6-11)20-16(13-4-3-9-19-10-13)15(12(2)21)17(22)18(20)23/h3-10,16,22H,1-2H3/t16-/m1/s1. The highest BCUT2D eigenvalue weighted by molar-refractivity contribution is 6.16. The lowest BCUT2D eigenvalue weighted by atomic mass is 9.98. The summed E-state index contributed by atoms with van der Waals surface area (Å²) in [5.41, 5.74) is 2.46. The van der Waals surface area contributed by atoms with E-state index in [0.717, 1.165) is 5.56 Å². The number of carbonyl (C=O) groups excluding carboxylic acids is 2. The number of rotatable bonds is 3. The number of hydrogen-bond donors (Lipinski definition) is 1. The second-order valence-corrected chi connectivity index (χ2v) is 5.52. The third kappa shape index (κ3) is 2.50. The molecule has 0 fully saturated rings. The van der Waals surface area contributed by atoms with Gasteiger partial charge in [0.2, 0.25) is 0 Å². The third-order valence-electron chi connectivity index (χ3n) is 3.90. The summed E-state index contributed by atoms with van der Waals surface area (Å²) in [5.74, 6) is -1.40. The number of ketones is 1. The Morgan fingerprint density at radius 3 is 2.48 bits per heavy atom. The van der Waals surface area contributed by atoms with Gasteiger partial charge in [-0.1, -0.05) is 23.8 Å². The Labute approximate surface area is 133 Å². The Morgan fingerprint density at radius 1 is 1.22 bits per heavy atom. The predicted molar refractivity (Wildman–Crippen MR) is 86.0 cm³/mol. The zero-order chi connectivity index (χ0) is 16.6. The molecule has 116 valence electrons. The monoisotopic (exact) mass is 308 g/mol. The molecule has 1 N–H and O–H groups in total. The van der Waals surface area contributed by atoms with Gasteiger partial charge < -0.3 is 5.11 Å². The molecule has 5 nitrogen and oxygen atoms in total. The Kier molecular flexibility index (Phi) is 3.70. The summed E-state index contributed by atoms with van der Waals surface area (Å²) in [6, 6.07) is 10.2. The van der Waals surface area contributed by atoms with E-state index in [4.69, 9.17) is 0 Å². The minimum absolute atomic E-state index is 0.101. The van der Waals surface area contributed by atoms with Crippen molar-refractivity contribution >= 4 is 17.4 Å². The van der Waals surface area contributed by atoms with Crippen molar-refractivity contribution in [3.63, 3.8) is 0 Å². The molecule has 3 rings (SSSR count). The molecule has 23 heavy (non-hydrogen) atoms. The quantitative estimate of drug-likeness (QED) is 0.946. The van der Waals surface area contributed by atoms with Crippen LogP contribution in [0.15, 0.2) is 60.1 Å². The molecular weight excluding hydrogens is 292 g/mol. The Hall–Kier alpha value is -2.95. The minimum Gasteiger partial charge on any atom is -0.503 e. The van der Waals surface area contributed by atoms with Gasteiger partial charge in [-0.25, -0.2) is 0 Å². The number of aryl methyl sites for hydroxylation is 1. The summed E-state index contributed by atoms with van der Waals surface area (Å²) in [5, 5.41) is 10.2. The van der Waals surface area contributed by atoms with Crippen molar-refractivity contribution in [3.05, 3.63) is 71.3 Å². The zero-order valence-electron chi connectivity index (χ0n) is 12.9. The van der Waals surface area contributed by atoms with Crippen LogP contribution in [0.2, 0.25) is 0 Å². The SMILES string of the molecule is CC(=O)C1=C(O)C(=O)N(c2ccc(C)cc2)[C@@H]1c1cccnc1. The van der Waals surface area contributed by atoms with Crippen molar-refractivity contribution in [2.24, 2.45) is 0 Å². The molecule has 1 aliphatic heterocycles. The molecule has 0 bridgehead atoms. The first-order valence-corrected chi connectivity index (χ1v) is 7.25. The van der Waals surface area contributed by atoms with Gasteiger partial charge in [-0.05, 0) is 37.6 Å². The van der Waals surface area contributed by atoms with Gasteiger partial charge in [0.15, 0.2) is 11.5 Å². The molecule has 0 aliphatic carbocycles. The van der Waals surface area contributed by atoms with E-state index in [9.17, 15) is 14.7 Å². The molecule has 2 heterocycles. The van der Waals surface area contributed by atoms with Crippen LogP contribution in [0.4, 0.5) is 5.69 Å². The number of pyridine rings is 1. The van der Waals surface area contributed by atoms with E-state index >= 15 is 0 Å². The van der Waals surface area contributed by atoms with Crippen LogP contribution in [0.25, 0.3) is 0 Å². The number of nitrogens with zero attached hydrogens (tertiary/aromatic N) is 2. The number of aliphatic hydroxyl groups excluding tert-OH is 1. The van der Waals surface area contributed by atoms with Gasteiger partial charge in [-0.2, -0.15) is 0 Å². The average Bonchev–Trinajstić information content (AvgIpc) is 2.81. The molecule has 0 saturated heterocycles. The summed E-state index contributed by atoms with van der Waals surface area (Å²) >= 11 is 0. The molecule has 1 atom stereocenters. The normalized spacial score (nSPS) is 17.7. The van der Waals surface area contributed by atoms with Crippen LogP contribution in [0.3, 0.4) is 0 Å². The van der Waals surface area contributed by atoms with Gasteiger partial charge in [0.05, 0.1) is 11.6 Å². The van der Waals surface area contributed by atoms with E-state index in [1.165, 1.54) is 11.8 Å². The van der Waals surface area contributed by atoms with Gasteiger partial charge in [0.25, 0.3) is 5.91 Å². The average molecular weight is 308 g/mol. The second kappa shape index (κ2) is 5.68. The molecule has 0 spiro atoms. The summed E-state index contributed by atoms with van der Waals surface area (Å²) < 4.78 is 0. The Morgan fingerprint density at radius 2 is 1.91 bits per heavy atom. The lowest BCUT2D eigenvalue weighted by Gasteiger charge is -2.26. The lowest BCUT2D eigenvalue weighted by Crippen LogP contribution is -2.30. The summed E-state index contributed by atoms with van der Waals surface area (Å²) in [4.78, 5) is 30.0. The lowest BCUT2D eigenvalue weighted by molar-refractivity contribution is -0.117. The first-order chi connectivity index (χ1) is 11.0. The van der Waals surface area contributed by atoms with Crippen LogP contribution in [0.1, 0.15) is 24.1 Å². The number of hydrogen-bond acceptors (Lipinski definition) is 4. The molecule has 2 aromatic rings. The first-order valence-electron chi connectivity index (χ1n) is 7.25. The highest BCUT2D eigenvalue weighted by atomic mass is 16.3. The fourth-order valence-corrected chi connectivity index (χ4v) is 2.79. The number of anilines is 1. The van der Waals surface area contributed by atoms with Crippen molar-refractivity contribution in [2.75, 3.05) is 4.90 Å². The predicted octanol–water partition coefficient (Wildman–Crippen LogP) is 2.88. The third-order valence-corrected chi connectivity index (χ3v) is 3.90. The van der Waals surface area contributed by atoms with E-state index in [1.807, 2.05) is 19.1 Å². The maximum Gasteiger partial charge on any atom is 0.294 e. The van der Waals surface area contributed by atoms with Gasteiger partial charge in [-0.3, -0.25) is 19.5 Å². The van der Waals surface area contributed by atoms with Gasteiger partial charge in [0.1, 0.15) is 0 Å². The number of aliphatic hydroxyl groups is 1. The number of Topliss-reactive ketones (excluding diaryl/α,β-unsaturated/α-hetero) is 1. The van der Waals surface area contributed by atoms with Gasteiger partial charge in [-0.15, -0.1) is 0 Å². The molecule has 0 unspecified atom stereocenters. The topological polar surface area (TPSA) is 70.5 Å². The Balaban J connectivity index is 2.16. The number of amides is 1. The number of benzene rings is 1. The second-order valence-electron chi connectivity index (χ2n) is 5.52. The highest BCUT2D eigenvalue weighted by Gasteiger charge is 2.43. The van der Waals surface area contributed by atoms with Crippen molar-refractivity contribution < 1.29 is 14.7 Å². The van der Waals surface area contributed by atoms with E-state index in [1.54, 1.807) is 36.7 Å². The van der Waals surface area contributed by atoms with E-state index in [2.05, 4.69) is 4.98 Å². The maximum atomic E-state index is 12.5.